The smallest absolute Gasteiger partial charge is 0.239 e. The van der Waals surface area contributed by atoms with Crippen molar-refractivity contribution in [2.45, 2.75) is 25.9 Å². The van der Waals surface area contributed by atoms with Crippen LogP contribution in [0, 0.1) is 6.92 Å². The summed E-state index contributed by atoms with van der Waals surface area (Å²) in [7, 11) is -3.09. The van der Waals surface area contributed by atoms with Gasteiger partial charge in [0.05, 0.1) is 11.8 Å². The van der Waals surface area contributed by atoms with Crippen LogP contribution >= 0.6 is 0 Å². The van der Waals surface area contributed by atoms with Crippen LogP contribution in [0.2, 0.25) is 0 Å². The molecule has 0 aliphatic carbocycles. The predicted octanol–water partition coefficient (Wildman–Crippen LogP) is 0.401. The number of rotatable bonds is 6. The van der Waals surface area contributed by atoms with E-state index in [2.05, 4.69) is 36.1 Å². The topological polar surface area (TPSA) is 83.7 Å². The molecule has 134 valence electrons. The van der Waals surface area contributed by atoms with Gasteiger partial charge in [-0.3, -0.25) is 9.69 Å². The molecule has 2 rings (SSSR count). The lowest BCUT2D eigenvalue weighted by molar-refractivity contribution is -0.134. The van der Waals surface area contributed by atoms with Crippen molar-refractivity contribution in [3.05, 3.63) is 35.4 Å². The van der Waals surface area contributed by atoms with Crippen LogP contribution in [-0.2, 0) is 21.2 Å². The minimum atomic E-state index is -3.09. The maximum absolute atomic E-state index is 12.3. The van der Waals surface area contributed by atoms with Crippen molar-refractivity contribution in [1.82, 2.24) is 9.80 Å². The van der Waals surface area contributed by atoms with Crippen LogP contribution in [0.4, 0.5) is 0 Å². The van der Waals surface area contributed by atoms with Gasteiger partial charge in [0, 0.05) is 39.0 Å². The minimum Gasteiger partial charge on any atom is -0.339 e. The van der Waals surface area contributed by atoms with Gasteiger partial charge >= 0.3 is 0 Å². The number of sulfone groups is 1. The summed E-state index contributed by atoms with van der Waals surface area (Å²) in [6.45, 7) is 5.84. The van der Waals surface area contributed by atoms with Gasteiger partial charge in [-0.05, 0) is 18.9 Å². The number of carbonyl (C=O) groups excluding carboxylic acids is 1. The lowest BCUT2D eigenvalue weighted by atomic mass is 10.1. The zero-order valence-corrected chi connectivity index (χ0v) is 15.3. The molecule has 7 heteroatoms. The first-order valence-electron chi connectivity index (χ1n) is 8.24. The molecule has 0 radical (unpaired) electrons. The zero-order chi connectivity index (χ0) is 17.7. The van der Waals surface area contributed by atoms with Crippen molar-refractivity contribution in [1.29, 1.82) is 0 Å². The fraction of sp³-hybridized carbons (Fsp3) is 0.588. The summed E-state index contributed by atoms with van der Waals surface area (Å²) < 4.78 is 22.4. The number of amides is 1. The highest BCUT2D eigenvalue weighted by atomic mass is 32.2. The molecule has 6 nitrogen and oxygen atoms in total. The molecular weight excluding hydrogens is 326 g/mol. The predicted molar refractivity (Wildman–Crippen MR) is 95.3 cm³/mol. The van der Waals surface area contributed by atoms with Gasteiger partial charge in [0.1, 0.15) is 9.84 Å². The average Bonchev–Trinajstić information content (AvgIpc) is 2.52. The first-order chi connectivity index (χ1) is 11.2. The van der Waals surface area contributed by atoms with Crippen LogP contribution in [0.3, 0.4) is 0 Å². The molecule has 0 aromatic heterocycles. The number of nitrogens with two attached hydrogens (primary N) is 1. The molecule has 1 unspecified atom stereocenters. The SMILES string of the molecule is Cc1cccc(CN2CCN(C(=O)C(N)CCS(C)(=O)=O)CC2)c1. The van der Waals surface area contributed by atoms with Crippen LogP contribution in [0.15, 0.2) is 24.3 Å². The van der Waals surface area contributed by atoms with E-state index in [0.29, 0.717) is 13.1 Å². The molecule has 1 aliphatic heterocycles. The number of nitrogens with zero attached hydrogens (tertiary/aromatic N) is 2. The van der Waals surface area contributed by atoms with Crippen molar-refractivity contribution < 1.29 is 13.2 Å². The molecule has 1 fully saturated rings. The summed E-state index contributed by atoms with van der Waals surface area (Å²) in [5, 5.41) is 0. The fourth-order valence-corrected chi connectivity index (χ4v) is 3.58. The van der Waals surface area contributed by atoms with Gasteiger partial charge < -0.3 is 10.6 Å². The maximum atomic E-state index is 12.3. The van der Waals surface area contributed by atoms with Crippen molar-refractivity contribution >= 4 is 15.7 Å². The lowest BCUT2D eigenvalue weighted by Gasteiger charge is -2.36. The molecule has 1 saturated heterocycles. The normalized spacial score (nSPS) is 17.7. The summed E-state index contributed by atoms with van der Waals surface area (Å²) >= 11 is 0. The third kappa shape index (κ3) is 5.89. The van der Waals surface area contributed by atoms with E-state index >= 15 is 0 Å². The molecule has 24 heavy (non-hydrogen) atoms. The van der Waals surface area contributed by atoms with Gasteiger partial charge in [-0.2, -0.15) is 0 Å². The fourth-order valence-electron chi connectivity index (χ4n) is 2.89. The highest BCUT2D eigenvalue weighted by Gasteiger charge is 2.25. The van der Waals surface area contributed by atoms with E-state index in [1.807, 2.05) is 0 Å². The van der Waals surface area contributed by atoms with Gasteiger partial charge in [-0.15, -0.1) is 0 Å². The number of piperazine rings is 1. The van der Waals surface area contributed by atoms with Crippen molar-refractivity contribution in [2.75, 3.05) is 38.2 Å². The van der Waals surface area contributed by atoms with E-state index in [0.717, 1.165) is 25.9 Å². The minimum absolute atomic E-state index is 0.0484. The Balaban J connectivity index is 1.80. The van der Waals surface area contributed by atoms with Gasteiger partial charge in [0.25, 0.3) is 0 Å². The Morgan fingerprint density at radius 1 is 1.25 bits per heavy atom. The summed E-state index contributed by atoms with van der Waals surface area (Å²) in [6.07, 6.45) is 1.34. The van der Waals surface area contributed by atoms with E-state index in [9.17, 15) is 13.2 Å². The molecule has 1 aromatic rings. The van der Waals surface area contributed by atoms with Crippen molar-refractivity contribution in [2.24, 2.45) is 5.73 Å². The molecule has 2 N–H and O–H groups in total. The van der Waals surface area contributed by atoms with Crippen molar-refractivity contribution in [3.8, 4) is 0 Å². The maximum Gasteiger partial charge on any atom is 0.239 e. The second-order valence-electron chi connectivity index (χ2n) is 6.62. The number of carbonyl (C=O) groups is 1. The lowest BCUT2D eigenvalue weighted by Crippen LogP contribution is -2.53. The molecule has 1 aliphatic rings. The highest BCUT2D eigenvalue weighted by molar-refractivity contribution is 7.90. The third-order valence-corrected chi connectivity index (χ3v) is 5.27. The number of benzene rings is 1. The average molecular weight is 353 g/mol. The van der Waals surface area contributed by atoms with Gasteiger partial charge in [-0.1, -0.05) is 29.8 Å². The summed E-state index contributed by atoms with van der Waals surface area (Å²) in [6, 6.07) is 7.70. The first-order valence-corrected chi connectivity index (χ1v) is 10.3. The third-order valence-electron chi connectivity index (χ3n) is 4.29. The Morgan fingerprint density at radius 2 is 1.92 bits per heavy atom. The Hall–Kier alpha value is -1.44. The van der Waals surface area contributed by atoms with Crippen LogP contribution in [0.1, 0.15) is 17.5 Å². The van der Waals surface area contributed by atoms with E-state index in [1.54, 1.807) is 4.90 Å². The monoisotopic (exact) mass is 353 g/mol. The molecule has 1 heterocycles. The Bertz CT molecular complexity index is 667. The molecule has 1 aromatic carbocycles. The summed E-state index contributed by atoms with van der Waals surface area (Å²) in [4.78, 5) is 16.4. The van der Waals surface area contributed by atoms with Crippen LogP contribution in [0.25, 0.3) is 0 Å². The van der Waals surface area contributed by atoms with E-state index in [4.69, 9.17) is 5.73 Å². The van der Waals surface area contributed by atoms with E-state index in [-0.39, 0.29) is 18.1 Å². The first kappa shape index (κ1) is 18.9. The number of aryl methyl sites for hydroxylation is 1. The van der Waals surface area contributed by atoms with E-state index in [1.165, 1.54) is 11.1 Å². The number of hydrogen-bond donors (Lipinski definition) is 1. The van der Waals surface area contributed by atoms with Gasteiger partial charge in [0.15, 0.2) is 0 Å². The Kier molecular flexibility index (Phi) is 6.37. The molecule has 0 bridgehead atoms. The standard InChI is InChI=1S/C17H27N3O3S/c1-14-4-3-5-15(12-14)13-19-7-9-20(10-8-19)17(21)16(18)6-11-24(2,22)23/h3-5,12,16H,6-11,13,18H2,1-2H3. The largest absolute Gasteiger partial charge is 0.339 e. The molecule has 1 atom stereocenters. The zero-order valence-electron chi connectivity index (χ0n) is 14.4. The summed E-state index contributed by atoms with van der Waals surface area (Å²) in [5.41, 5.74) is 8.39. The second-order valence-corrected chi connectivity index (χ2v) is 8.88. The highest BCUT2D eigenvalue weighted by Crippen LogP contribution is 2.11. The Morgan fingerprint density at radius 3 is 2.50 bits per heavy atom. The van der Waals surface area contributed by atoms with E-state index < -0.39 is 15.9 Å². The molecule has 1 amide bonds. The number of hydrogen-bond acceptors (Lipinski definition) is 5. The summed E-state index contributed by atoms with van der Waals surface area (Å²) in [5.74, 6) is -0.193. The second kappa shape index (κ2) is 8.09. The molecule has 0 saturated carbocycles. The molecule has 0 spiro atoms. The van der Waals surface area contributed by atoms with Crippen molar-refractivity contribution in [3.63, 3.8) is 0 Å². The van der Waals surface area contributed by atoms with Crippen LogP contribution < -0.4 is 5.73 Å². The molecular formula is C17H27N3O3S. The van der Waals surface area contributed by atoms with Gasteiger partial charge in [0.2, 0.25) is 5.91 Å². The van der Waals surface area contributed by atoms with Gasteiger partial charge in [-0.25, -0.2) is 8.42 Å². The quantitative estimate of drug-likeness (QED) is 0.800. The van der Waals surface area contributed by atoms with Crippen LogP contribution in [0.5, 0.6) is 0 Å². The van der Waals surface area contributed by atoms with Crippen LogP contribution in [-0.4, -0.2) is 68.4 Å². The Labute approximate surface area is 144 Å².